The van der Waals surface area contributed by atoms with Crippen LogP contribution >= 0.6 is 0 Å². The number of hydrogen-bond donors (Lipinski definition) is 1. The minimum atomic E-state index is 0.0688. The zero-order valence-electron chi connectivity index (χ0n) is 13.7. The SMILES string of the molecule is Cc1cn[nH]c1C[C@@H]1CCCN(C(=O)c2ccc3c(c2)OCO3)C1. The third-order valence-electron chi connectivity index (χ3n) is 4.85. The molecule has 0 spiro atoms. The smallest absolute Gasteiger partial charge is 0.254 e. The fourth-order valence-corrected chi connectivity index (χ4v) is 3.50. The molecule has 0 aliphatic carbocycles. The molecule has 3 heterocycles. The largest absolute Gasteiger partial charge is 0.454 e. The van der Waals surface area contributed by atoms with E-state index < -0.39 is 0 Å². The zero-order valence-corrected chi connectivity index (χ0v) is 13.7. The van der Waals surface area contributed by atoms with Crippen molar-refractivity contribution in [3.63, 3.8) is 0 Å². The van der Waals surface area contributed by atoms with Crippen LogP contribution in [0.5, 0.6) is 11.5 Å². The normalized spacial score (nSPS) is 19.5. The Bertz CT molecular complexity index is 756. The van der Waals surface area contributed by atoms with E-state index in [2.05, 4.69) is 17.1 Å². The topological polar surface area (TPSA) is 67.5 Å². The molecule has 2 aliphatic heterocycles. The second-order valence-corrected chi connectivity index (χ2v) is 6.56. The molecule has 24 heavy (non-hydrogen) atoms. The maximum Gasteiger partial charge on any atom is 0.254 e. The zero-order chi connectivity index (χ0) is 16.5. The van der Waals surface area contributed by atoms with Gasteiger partial charge in [-0.25, -0.2) is 0 Å². The van der Waals surface area contributed by atoms with Gasteiger partial charge in [0, 0.05) is 24.3 Å². The summed E-state index contributed by atoms with van der Waals surface area (Å²) in [6, 6.07) is 5.41. The Morgan fingerprint density at radius 1 is 1.38 bits per heavy atom. The lowest BCUT2D eigenvalue weighted by Gasteiger charge is -2.33. The van der Waals surface area contributed by atoms with Crippen LogP contribution in [0.15, 0.2) is 24.4 Å². The van der Waals surface area contributed by atoms with Crippen LogP contribution in [0.1, 0.15) is 34.5 Å². The molecule has 2 aliphatic rings. The van der Waals surface area contributed by atoms with Gasteiger partial charge in [0.2, 0.25) is 6.79 Å². The number of aromatic nitrogens is 2. The third-order valence-corrected chi connectivity index (χ3v) is 4.85. The van der Waals surface area contributed by atoms with Crippen molar-refractivity contribution in [2.75, 3.05) is 19.9 Å². The van der Waals surface area contributed by atoms with Gasteiger partial charge in [-0.15, -0.1) is 0 Å². The highest BCUT2D eigenvalue weighted by Gasteiger charge is 2.26. The van der Waals surface area contributed by atoms with Crippen molar-refractivity contribution in [3.8, 4) is 11.5 Å². The number of amides is 1. The quantitative estimate of drug-likeness (QED) is 0.941. The monoisotopic (exact) mass is 327 g/mol. The van der Waals surface area contributed by atoms with Crippen molar-refractivity contribution >= 4 is 5.91 Å². The van der Waals surface area contributed by atoms with Gasteiger partial charge in [-0.3, -0.25) is 9.89 Å². The van der Waals surface area contributed by atoms with Gasteiger partial charge in [-0.2, -0.15) is 5.10 Å². The third kappa shape index (κ3) is 2.84. The minimum absolute atomic E-state index is 0.0688. The summed E-state index contributed by atoms with van der Waals surface area (Å²) < 4.78 is 10.7. The van der Waals surface area contributed by atoms with Gasteiger partial charge < -0.3 is 14.4 Å². The van der Waals surface area contributed by atoms with Crippen LogP contribution in [0.25, 0.3) is 0 Å². The molecule has 0 bridgehead atoms. The molecule has 1 amide bonds. The predicted molar refractivity (Wildman–Crippen MR) is 88.2 cm³/mol. The van der Waals surface area contributed by atoms with Gasteiger partial charge in [-0.1, -0.05) is 0 Å². The number of benzene rings is 1. The molecular formula is C18H21N3O3. The Labute approximate surface area is 140 Å². The maximum absolute atomic E-state index is 12.8. The van der Waals surface area contributed by atoms with E-state index in [1.165, 1.54) is 11.3 Å². The maximum atomic E-state index is 12.8. The van der Waals surface area contributed by atoms with E-state index in [4.69, 9.17) is 9.47 Å². The van der Waals surface area contributed by atoms with Crippen LogP contribution in [0.2, 0.25) is 0 Å². The summed E-state index contributed by atoms with van der Waals surface area (Å²) in [5.41, 5.74) is 3.03. The Kier molecular flexibility index (Phi) is 3.88. The molecule has 1 aromatic carbocycles. The predicted octanol–water partition coefficient (Wildman–Crippen LogP) is 2.54. The number of nitrogens with one attached hydrogen (secondary N) is 1. The van der Waals surface area contributed by atoms with Crippen molar-refractivity contribution in [2.45, 2.75) is 26.2 Å². The molecule has 0 saturated carbocycles. The fourth-order valence-electron chi connectivity index (χ4n) is 3.50. The summed E-state index contributed by atoms with van der Waals surface area (Å²) in [5.74, 6) is 1.90. The highest BCUT2D eigenvalue weighted by Crippen LogP contribution is 2.33. The summed E-state index contributed by atoms with van der Waals surface area (Å²) in [4.78, 5) is 14.8. The number of likely N-dealkylation sites (tertiary alicyclic amines) is 1. The fraction of sp³-hybridized carbons (Fsp3) is 0.444. The van der Waals surface area contributed by atoms with E-state index >= 15 is 0 Å². The molecule has 126 valence electrons. The second kappa shape index (κ2) is 6.19. The summed E-state index contributed by atoms with van der Waals surface area (Å²) in [6.07, 6.45) is 4.97. The Morgan fingerprint density at radius 3 is 3.08 bits per heavy atom. The van der Waals surface area contributed by atoms with Gasteiger partial charge in [0.05, 0.1) is 6.20 Å². The number of hydrogen-bond acceptors (Lipinski definition) is 4. The number of ether oxygens (including phenoxy) is 2. The van der Waals surface area contributed by atoms with E-state index in [-0.39, 0.29) is 12.7 Å². The molecule has 6 heteroatoms. The van der Waals surface area contributed by atoms with Crippen LogP contribution in [0.4, 0.5) is 0 Å². The number of piperidine rings is 1. The number of H-pyrrole nitrogens is 1. The average molecular weight is 327 g/mol. The van der Waals surface area contributed by atoms with Crippen LogP contribution in [0.3, 0.4) is 0 Å². The molecule has 2 aromatic rings. The van der Waals surface area contributed by atoms with E-state index in [1.807, 2.05) is 23.2 Å². The van der Waals surface area contributed by atoms with Gasteiger partial charge in [-0.05, 0) is 55.9 Å². The van der Waals surface area contributed by atoms with Gasteiger partial charge in [0.25, 0.3) is 5.91 Å². The molecule has 1 fully saturated rings. The van der Waals surface area contributed by atoms with Gasteiger partial charge in [0.15, 0.2) is 11.5 Å². The van der Waals surface area contributed by atoms with Crippen molar-refractivity contribution in [1.29, 1.82) is 0 Å². The Morgan fingerprint density at radius 2 is 2.25 bits per heavy atom. The van der Waals surface area contributed by atoms with Crippen LogP contribution in [-0.2, 0) is 6.42 Å². The number of rotatable bonds is 3. The number of fused-ring (bicyclic) bond motifs is 1. The Balaban J connectivity index is 1.45. The van der Waals surface area contributed by atoms with E-state index in [1.54, 1.807) is 6.07 Å². The molecule has 0 radical (unpaired) electrons. The van der Waals surface area contributed by atoms with E-state index in [0.29, 0.717) is 23.0 Å². The highest BCUT2D eigenvalue weighted by molar-refractivity contribution is 5.95. The lowest BCUT2D eigenvalue weighted by atomic mass is 9.92. The van der Waals surface area contributed by atoms with Crippen molar-refractivity contribution < 1.29 is 14.3 Å². The number of aryl methyl sites for hydroxylation is 1. The molecule has 1 aromatic heterocycles. The summed E-state index contributed by atoms with van der Waals surface area (Å²) in [5, 5.41) is 7.16. The molecular weight excluding hydrogens is 306 g/mol. The molecule has 4 rings (SSSR count). The number of carbonyl (C=O) groups is 1. The second-order valence-electron chi connectivity index (χ2n) is 6.56. The van der Waals surface area contributed by atoms with Crippen molar-refractivity contribution in [1.82, 2.24) is 15.1 Å². The van der Waals surface area contributed by atoms with Gasteiger partial charge >= 0.3 is 0 Å². The lowest BCUT2D eigenvalue weighted by Crippen LogP contribution is -2.40. The van der Waals surface area contributed by atoms with E-state index in [9.17, 15) is 4.79 Å². The van der Waals surface area contributed by atoms with Crippen molar-refractivity contribution in [2.24, 2.45) is 5.92 Å². The molecule has 6 nitrogen and oxygen atoms in total. The molecule has 0 unspecified atom stereocenters. The lowest BCUT2D eigenvalue weighted by molar-refractivity contribution is 0.0672. The first-order chi connectivity index (χ1) is 11.7. The van der Waals surface area contributed by atoms with Crippen LogP contribution in [-0.4, -0.2) is 40.9 Å². The minimum Gasteiger partial charge on any atom is -0.454 e. The molecule has 1 N–H and O–H groups in total. The highest BCUT2D eigenvalue weighted by atomic mass is 16.7. The summed E-state index contributed by atoms with van der Waals surface area (Å²) in [7, 11) is 0. The first kappa shape index (κ1) is 15.1. The Hall–Kier alpha value is -2.50. The van der Waals surface area contributed by atoms with Gasteiger partial charge in [0.1, 0.15) is 0 Å². The van der Waals surface area contributed by atoms with Crippen LogP contribution < -0.4 is 9.47 Å². The van der Waals surface area contributed by atoms with E-state index in [0.717, 1.165) is 32.4 Å². The molecule has 1 saturated heterocycles. The summed E-state index contributed by atoms with van der Waals surface area (Å²) in [6.45, 7) is 3.89. The number of aromatic amines is 1. The first-order valence-corrected chi connectivity index (χ1v) is 8.38. The standard InChI is InChI=1S/C18H21N3O3/c1-12-9-19-20-15(12)7-13-3-2-6-21(10-13)18(22)14-4-5-16-17(8-14)24-11-23-16/h4-5,8-9,13H,2-3,6-7,10-11H2,1H3,(H,19,20)/t13-/m0/s1. The van der Waals surface area contributed by atoms with Crippen LogP contribution in [0, 0.1) is 12.8 Å². The summed E-state index contributed by atoms with van der Waals surface area (Å²) >= 11 is 0. The number of carbonyl (C=O) groups excluding carboxylic acids is 1. The van der Waals surface area contributed by atoms with Crippen molar-refractivity contribution in [3.05, 3.63) is 41.2 Å². The molecule has 1 atom stereocenters. The first-order valence-electron chi connectivity index (χ1n) is 8.38. The average Bonchev–Trinajstić information content (AvgIpc) is 3.23. The number of nitrogens with zero attached hydrogens (tertiary/aromatic N) is 2.